The predicted molar refractivity (Wildman–Crippen MR) is 66.3 cm³/mol. The van der Waals surface area contributed by atoms with Gasteiger partial charge < -0.3 is 9.64 Å². The van der Waals surface area contributed by atoms with E-state index >= 15 is 0 Å². The first-order valence-electron chi connectivity index (χ1n) is 6.48. The first-order chi connectivity index (χ1) is 9.07. The van der Waals surface area contributed by atoms with E-state index in [4.69, 9.17) is 4.74 Å². The summed E-state index contributed by atoms with van der Waals surface area (Å²) in [5.74, 6) is 0. The molecule has 0 aromatic rings. The van der Waals surface area contributed by atoms with Crippen molar-refractivity contribution < 1.29 is 27.4 Å². The molecule has 0 bridgehead atoms. The van der Waals surface area contributed by atoms with Crippen LogP contribution in [-0.4, -0.2) is 67.2 Å². The van der Waals surface area contributed by atoms with Crippen LogP contribution in [0.15, 0.2) is 0 Å². The van der Waals surface area contributed by atoms with Crippen LogP contribution in [0.5, 0.6) is 0 Å². The van der Waals surface area contributed by atoms with E-state index in [0.717, 1.165) is 0 Å². The summed E-state index contributed by atoms with van der Waals surface area (Å²) >= 11 is 0. The van der Waals surface area contributed by atoms with Gasteiger partial charge in [-0.1, -0.05) is 0 Å². The van der Waals surface area contributed by atoms with Gasteiger partial charge in [0.1, 0.15) is 5.60 Å². The summed E-state index contributed by atoms with van der Waals surface area (Å²) in [6.07, 6.45) is -4.97. The molecule has 0 aromatic heterocycles. The molecule has 1 amide bonds. The lowest BCUT2D eigenvalue weighted by atomic mass is 10.2. The van der Waals surface area contributed by atoms with E-state index in [-0.39, 0.29) is 12.6 Å². The summed E-state index contributed by atoms with van der Waals surface area (Å²) < 4.78 is 44.4. The monoisotopic (exact) mass is 298 g/mol. The van der Waals surface area contributed by atoms with Crippen LogP contribution < -0.4 is 0 Å². The maximum atomic E-state index is 11.8. The molecule has 118 valence electrons. The molecule has 1 aliphatic rings. The fourth-order valence-electron chi connectivity index (χ4n) is 1.77. The number of alkyl halides is 3. The molecule has 1 fully saturated rings. The topological polar surface area (TPSA) is 42.0 Å². The minimum Gasteiger partial charge on any atom is -0.444 e. The summed E-state index contributed by atoms with van der Waals surface area (Å²) in [6.45, 7) is 7.08. The Morgan fingerprint density at radius 1 is 1.10 bits per heavy atom. The number of halogens is 3. The van der Waals surface area contributed by atoms with Crippen LogP contribution in [0.25, 0.3) is 0 Å². The Hall–Kier alpha value is -1.02. The summed E-state index contributed by atoms with van der Waals surface area (Å²) in [4.78, 5) is 15.2. The minimum atomic E-state index is -4.58. The van der Waals surface area contributed by atoms with Gasteiger partial charge in [-0.15, -0.1) is 13.2 Å². The highest BCUT2D eigenvalue weighted by molar-refractivity contribution is 5.68. The fraction of sp³-hybridized carbons (Fsp3) is 0.917. The largest absolute Gasteiger partial charge is 0.522 e. The van der Waals surface area contributed by atoms with E-state index in [0.29, 0.717) is 26.2 Å². The first-order valence-corrected chi connectivity index (χ1v) is 6.48. The molecule has 0 unspecified atom stereocenters. The lowest BCUT2D eigenvalue weighted by Gasteiger charge is -2.35. The van der Waals surface area contributed by atoms with Gasteiger partial charge >= 0.3 is 12.5 Å². The molecule has 0 N–H and O–H groups in total. The quantitative estimate of drug-likeness (QED) is 0.800. The molecular formula is C12H21F3N2O3. The van der Waals surface area contributed by atoms with Crippen LogP contribution in [0, 0.1) is 0 Å². The lowest BCUT2D eigenvalue weighted by Crippen LogP contribution is -2.50. The molecule has 1 saturated heterocycles. The Morgan fingerprint density at radius 2 is 1.65 bits per heavy atom. The number of nitrogens with zero attached hydrogens (tertiary/aromatic N) is 2. The van der Waals surface area contributed by atoms with Gasteiger partial charge in [0.25, 0.3) is 0 Å². The van der Waals surface area contributed by atoms with Gasteiger partial charge in [0.05, 0.1) is 6.61 Å². The van der Waals surface area contributed by atoms with Crippen molar-refractivity contribution in [3.05, 3.63) is 0 Å². The summed E-state index contributed by atoms with van der Waals surface area (Å²) in [5.41, 5.74) is -0.547. The molecule has 1 heterocycles. The molecule has 20 heavy (non-hydrogen) atoms. The zero-order valence-electron chi connectivity index (χ0n) is 12.0. The smallest absolute Gasteiger partial charge is 0.444 e. The third kappa shape index (κ3) is 6.95. The first kappa shape index (κ1) is 17.0. The van der Waals surface area contributed by atoms with Crippen molar-refractivity contribution in [1.29, 1.82) is 0 Å². The van der Waals surface area contributed by atoms with Gasteiger partial charge in [-0.3, -0.25) is 9.64 Å². The van der Waals surface area contributed by atoms with Crippen LogP contribution in [0.2, 0.25) is 0 Å². The number of hydrogen-bond acceptors (Lipinski definition) is 4. The second kappa shape index (κ2) is 6.62. The zero-order valence-corrected chi connectivity index (χ0v) is 12.0. The van der Waals surface area contributed by atoms with E-state index in [1.165, 1.54) is 0 Å². The third-order valence-corrected chi connectivity index (χ3v) is 2.70. The highest BCUT2D eigenvalue weighted by Gasteiger charge is 2.30. The van der Waals surface area contributed by atoms with Crippen molar-refractivity contribution in [2.45, 2.75) is 32.7 Å². The molecule has 0 saturated carbocycles. The van der Waals surface area contributed by atoms with Crippen LogP contribution in [0.4, 0.5) is 18.0 Å². The molecule has 0 atom stereocenters. The minimum absolute atomic E-state index is 0.196. The van der Waals surface area contributed by atoms with E-state index in [2.05, 4.69) is 4.74 Å². The van der Waals surface area contributed by atoms with Gasteiger partial charge in [0.15, 0.2) is 0 Å². The number of hydrogen-bond donors (Lipinski definition) is 0. The van der Waals surface area contributed by atoms with Gasteiger partial charge in [-0.25, -0.2) is 4.79 Å². The Bertz CT molecular complexity index is 321. The van der Waals surface area contributed by atoms with Gasteiger partial charge in [0, 0.05) is 32.7 Å². The van der Waals surface area contributed by atoms with E-state index in [1.54, 1.807) is 25.7 Å². The van der Waals surface area contributed by atoms with Crippen molar-refractivity contribution in [2.24, 2.45) is 0 Å². The molecular weight excluding hydrogens is 277 g/mol. The van der Waals surface area contributed by atoms with Crippen LogP contribution in [0.3, 0.4) is 0 Å². The molecule has 8 heteroatoms. The average molecular weight is 298 g/mol. The zero-order chi connectivity index (χ0) is 15.4. The second-order valence-electron chi connectivity index (χ2n) is 5.60. The molecule has 0 spiro atoms. The summed E-state index contributed by atoms with van der Waals surface area (Å²) in [7, 11) is 0. The number of ether oxygens (including phenoxy) is 2. The summed E-state index contributed by atoms with van der Waals surface area (Å²) in [5, 5.41) is 0. The van der Waals surface area contributed by atoms with Crippen molar-refractivity contribution in [2.75, 3.05) is 39.3 Å². The van der Waals surface area contributed by atoms with Crippen LogP contribution >= 0.6 is 0 Å². The third-order valence-electron chi connectivity index (χ3n) is 2.70. The van der Waals surface area contributed by atoms with Gasteiger partial charge in [-0.2, -0.15) is 0 Å². The van der Waals surface area contributed by atoms with Crippen LogP contribution in [-0.2, 0) is 9.47 Å². The number of carbonyl (C=O) groups is 1. The molecule has 0 radical (unpaired) electrons. The average Bonchev–Trinajstić information content (AvgIpc) is 2.25. The van der Waals surface area contributed by atoms with Crippen molar-refractivity contribution in [3.63, 3.8) is 0 Å². The normalized spacial score (nSPS) is 18.2. The molecule has 5 nitrogen and oxygen atoms in total. The highest BCUT2D eigenvalue weighted by atomic mass is 19.4. The standard InChI is InChI=1S/C12H21F3N2O3/c1-11(2,3)20-10(18)17-6-4-16(5-7-17)8-9-19-12(13,14)15/h4-9H2,1-3H3. The maximum absolute atomic E-state index is 11.8. The summed E-state index contributed by atoms with van der Waals surface area (Å²) in [6, 6.07) is 0. The molecule has 1 aliphatic heterocycles. The fourth-order valence-corrected chi connectivity index (χ4v) is 1.77. The second-order valence-corrected chi connectivity index (χ2v) is 5.60. The van der Waals surface area contributed by atoms with Gasteiger partial charge in [0.2, 0.25) is 0 Å². The number of piperazine rings is 1. The van der Waals surface area contributed by atoms with Crippen molar-refractivity contribution >= 4 is 6.09 Å². The Labute approximate surface area is 116 Å². The lowest BCUT2D eigenvalue weighted by molar-refractivity contribution is -0.325. The van der Waals surface area contributed by atoms with E-state index in [1.807, 2.05) is 4.90 Å². The number of rotatable bonds is 3. The number of amides is 1. The Balaban J connectivity index is 2.25. The highest BCUT2D eigenvalue weighted by Crippen LogP contribution is 2.16. The Morgan fingerprint density at radius 3 is 2.10 bits per heavy atom. The molecule has 0 aromatic carbocycles. The van der Waals surface area contributed by atoms with Crippen LogP contribution in [0.1, 0.15) is 20.8 Å². The van der Waals surface area contributed by atoms with Gasteiger partial charge in [-0.05, 0) is 20.8 Å². The Kier molecular flexibility index (Phi) is 5.64. The van der Waals surface area contributed by atoms with E-state index < -0.39 is 18.6 Å². The van der Waals surface area contributed by atoms with Crippen molar-refractivity contribution in [3.8, 4) is 0 Å². The number of carbonyl (C=O) groups excluding carboxylic acids is 1. The molecule has 1 rings (SSSR count). The maximum Gasteiger partial charge on any atom is 0.522 e. The predicted octanol–water partition coefficient (Wildman–Crippen LogP) is 2.08. The SMILES string of the molecule is CC(C)(C)OC(=O)N1CCN(CCOC(F)(F)F)CC1. The van der Waals surface area contributed by atoms with E-state index in [9.17, 15) is 18.0 Å². The van der Waals surface area contributed by atoms with Crippen molar-refractivity contribution in [1.82, 2.24) is 9.80 Å². The molecule has 0 aliphatic carbocycles.